The van der Waals surface area contributed by atoms with Crippen LogP contribution in [0.5, 0.6) is 0 Å². The maximum Gasteiger partial charge on any atom is 0.157 e. The normalized spacial score (nSPS) is 12.7. The highest BCUT2D eigenvalue weighted by molar-refractivity contribution is 5.49. The maximum atomic E-state index is 10.2. The van der Waals surface area contributed by atoms with Gasteiger partial charge in [-0.15, -0.1) is 0 Å². The molecule has 2 N–H and O–H groups in total. The molecule has 6 nitrogen and oxygen atoms in total. The van der Waals surface area contributed by atoms with Gasteiger partial charge in [-0.3, -0.25) is 4.98 Å². The van der Waals surface area contributed by atoms with Gasteiger partial charge in [0.15, 0.2) is 5.65 Å². The second kappa shape index (κ2) is 6.11. The van der Waals surface area contributed by atoms with Gasteiger partial charge in [0.25, 0.3) is 0 Å². The van der Waals surface area contributed by atoms with Crippen LogP contribution in [0.4, 0.5) is 5.82 Å². The maximum absolute atomic E-state index is 10.2. The van der Waals surface area contributed by atoms with Crippen LogP contribution >= 0.6 is 0 Å². The average molecular weight is 297 g/mol. The van der Waals surface area contributed by atoms with Gasteiger partial charge in [-0.25, -0.2) is 4.98 Å². The smallest absolute Gasteiger partial charge is 0.157 e. The SMILES string of the molecule is CC(C)c1cc(NC[C@@H](O)c2ccncc2)n2nccc2n1. The average Bonchev–Trinajstić information content (AvgIpc) is 3.01. The van der Waals surface area contributed by atoms with Crippen LogP contribution in [0.2, 0.25) is 0 Å². The Morgan fingerprint density at radius 1 is 1.18 bits per heavy atom. The molecule has 0 fully saturated rings. The molecule has 0 aliphatic rings. The van der Waals surface area contributed by atoms with Crippen molar-refractivity contribution in [3.05, 3.63) is 54.1 Å². The zero-order valence-corrected chi connectivity index (χ0v) is 12.6. The Labute approximate surface area is 128 Å². The minimum atomic E-state index is -0.607. The Morgan fingerprint density at radius 2 is 1.95 bits per heavy atom. The minimum absolute atomic E-state index is 0.325. The number of aromatic nitrogens is 4. The highest BCUT2D eigenvalue weighted by Crippen LogP contribution is 2.20. The summed E-state index contributed by atoms with van der Waals surface area (Å²) >= 11 is 0. The fourth-order valence-electron chi connectivity index (χ4n) is 2.26. The lowest BCUT2D eigenvalue weighted by molar-refractivity contribution is 0.191. The molecule has 1 atom stereocenters. The Balaban J connectivity index is 1.82. The van der Waals surface area contributed by atoms with E-state index in [4.69, 9.17) is 0 Å². The number of anilines is 1. The summed E-state index contributed by atoms with van der Waals surface area (Å²) in [7, 11) is 0. The third-order valence-corrected chi connectivity index (χ3v) is 3.54. The first kappa shape index (κ1) is 14.5. The van der Waals surface area contributed by atoms with E-state index in [-0.39, 0.29) is 0 Å². The summed E-state index contributed by atoms with van der Waals surface area (Å²) < 4.78 is 1.74. The molecule has 0 spiro atoms. The third-order valence-electron chi connectivity index (χ3n) is 3.54. The molecule has 0 bridgehead atoms. The summed E-state index contributed by atoms with van der Waals surface area (Å²) in [6, 6.07) is 7.46. The van der Waals surface area contributed by atoms with Crippen molar-refractivity contribution in [2.75, 3.05) is 11.9 Å². The van der Waals surface area contributed by atoms with E-state index in [9.17, 15) is 5.11 Å². The largest absolute Gasteiger partial charge is 0.387 e. The van der Waals surface area contributed by atoms with E-state index in [2.05, 4.69) is 34.2 Å². The molecule has 3 aromatic heterocycles. The Morgan fingerprint density at radius 3 is 2.68 bits per heavy atom. The molecule has 0 aromatic carbocycles. The van der Waals surface area contributed by atoms with Gasteiger partial charge in [-0.1, -0.05) is 13.8 Å². The first-order valence-electron chi connectivity index (χ1n) is 7.31. The molecule has 3 aromatic rings. The Kier molecular flexibility index (Phi) is 4.02. The van der Waals surface area contributed by atoms with Crippen molar-refractivity contribution in [2.45, 2.75) is 25.9 Å². The predicted molar refractivity (Wildman–Crippen MR) is 84.8 cm³/mol. The third kappa shape index (κ3) is 2.92. The standard InChI is InChI=1S/C16H19N5O/c1-11(2)13-9-16(21-15(20-13)5-8-19-21)18-10-14(22)12-3-6-17-7-4-12/h3-9,11,14,18,22H,10H2,1-2H3/t14-/m1/s1. The van der Waals surface area contributed by atoms with Crippen molar-refractivity contribution in [2.24, 2.45) is 0 Å². The quantitative estimate of drug-likeness (QED) is 0.756. The van der Waals surface area contributed by atoms with Crippen molar-refractivity contribution in [1.29, 1.82) is 0 Å². The first-order valence-corrected chi connectivity index (χ1v) is 7.31. The van der Waals surface area contributed by atoms with Crippen LogP contribution in [0.15, 0.2) is 42.9 Å². The monoisotopic (exact) mass is 297 g/mol. The number of aliphatic hydroxyl groups is 1. The van der Waals surface area contributed by atoms with Gasteiger partial charge in [0.2, 0.25) is 0 Å². The number of hydrogen-bond donors (Lipinski definition) is 2. The number of pyridine rings is 1. The Bertz CT molecular complexity index is 754. The van der Waals surface area contributed by atoms with Gasteiger partial charge in [0, 0.05) is 36.8 Å². The van der Waals surface area contributed by atoms with E-state index in [0.29, 0.717) is 12.5 Å². The molecule has 6 heteroatoms. The highest BCUT2D eigenvalue weighted by atomic mass is 16.3. The van der Waals surface area contributed by atoms with Crippen molar-refractivity contribution in [3.63, 3.8) is 0 Å². The van der Waals surface area contributed by atoms with Crippen molar-refractivity contribution in [1.82, 2.24) is 19.6 Å². The van der Waals surface area contributed by atoms with Crippen LogP contribution < -0.4 is 5.32 Å². The first-order chi connectivity index (χ1) is 10.6. The van der Waals surface area contributed by atoms with Crippen LogP contribution in [0.3, 0.4) is 0 Å². The van der Waals surface area contributed by atoms with Gasteiger partial charge in [0.05, 0.1) is 12.3 Å². The number of nitrogens with one attached hydrogen (secondary N) is 1. The van der Waals surface area contributed by atoms with Gasteiger partial charge >= 0.3 is 0 Å². The van der Waals surface area contributed by atoms with E-state index < -0.39 is 6.10 Å². The lowest BCUT2D eigenvalue weighted by Gasteiger charge is -2.15. The molecule has 114 valence electrons. The van der Waals surface area contributed by atoms with Crippen molar-refractivity contribution < 1.29 is 5.11 Å². The van der Waals surface area contributed by atoms with E-state index in [1.807, 2.05) is 24.3 Å². The molecular formula is C16H19N5O. The number of aliphatic hydroxyl groups excluding tert-OH is 1. The fourth-order valence-corrected chi connectivity index (χ4v) is 2.26. The van der Waals surface area contributed by atoms with Crippen LogP contribution in [-0.4, -0.2) is 31.2 Å². The summed E-state index contributed by atoms with van der Waals surface area (Å²) in [5.41, 5.74) is 2.62. The van der Waals surface area contributed by atoms with E-state index in [1.165, 1.54) is 0 Å². The van der Waals surface area contributed by atoms with E-state index >= 15 is 0 Å². The predicted octanol–water partition coefficient (Wildman–Crippen LogP) is 2.39. The molecule has 3 heterocycles. The van der Waals surface area contributed by atoms with E-state index in [0.717, 1.165) is 22.7 Å². The molecule has 0 unspecified atom stereocenters. The fraction of sp³-hybridized carbons (Fsp3) is 0.312. The van der Waals surface area contributed by atoms with Gasteiger partial charge < -0.3 is 10.4 Å². The van der Waals surface area contributed by atoms with Gasteiger partial charge in [0.1, 0.15) is 5.82 Å². The lowest BCUT2D eigenvalue weighted by Crippen LogP contribution is -2.15. The van der Waals surface area contributed by atoms with Crippen LogP contribution in [0.25, 0.3) is 5.65 Å². The molecular weight excluding hydrogens is 278 g/mol. The molecule has 0 aliphatic heterocycles. The van der Waals surface area contributed by atoms with Crippen LogP contribution in [0, 0.1) is 0 Å². The minimum Gasteiger partial charge on any atom is -0.387 e. The molecule has 0 aliphatic carbocycles. The van der Waals surface area contributed by atoms with Crippen molar-refractivity contribution in [3.8, 4) is 0 Å². The molecule has 0 radical (unpaired) electrons. The van der Waals surface area contributed by atoms with Crippen LogP contribution in [0.1, 0.15) is 37.1 Å². The summed E-state index contributed by atoms with van der Waals surface area (Å²) in [6.07, 6.45) is 4.46. The van der Waals surface area contributed by atoms with Gasteiger partial charge in [-0.2, -0.15) is 9.61 Å². The summed E-state index contributed by atoms with van der Waals surface area (Å²) in [6.45, 7) is 4.59. The molecule has 22 heavy (non-hydrogen) atoms. The summed E-state index contributed by atoms with van der Waals surface area (Å²) in [5.74, 6) is 1.15. The second-order valence-electron chi connectivity index (χ2n) is 5.50. The highest BCUT2D eigenvalue weighted by Gasteiger charge is 2.11. The number of rotatable bonds is 5. The number of hydrogen-bond acceptors (Lipinski definition) is 5. The van der Waals surface area contributed by atoms with Crippen molar-refractivity contribution >= 4 is 11.5 Å². The second-order valence-corrected chi connectivity index (χ2v) is 5.50. The molecule has 0 saturated heterocycles. The topological polar surface area (TPSA) is 75.3 Å². The Hall–Kier alpha value is -2.47. The van der Waals surface area contributed by atoms with E-state index in [1.54, 1.807) is 23.1 Å². The van der Waals surface area contributed by atoms with Gasteiger partial charge in [-0.05, 0) is 23.6 Å². The number of nitrogens with zero attached hydrogens (tertiary/aromatic N) is 4. The van der Waals surface area contributed by atoms with Crippen LogP contribution in [-0.2, 0) is 0 Å². The number of fused-ring (bicyclic) bond motifs is 1. The zero-order valence-electron chi connectivity index (χ0n) is 12.6. The molecule has 0 amide bonds. The lowest BCUT2D eigenvalue weighted by atomic mass is 10.1. The molecule has 0 saturated carbocycles. The molecule has 3 rings (SSSR count). The summed E-state index contributed by atoms with van der Waals surface area (Å²) in [5, 5.41) is 17.8. The summed E-state index contributed by atoms with van der Waals surface area (Å²) in [4.78, 5) is 8.53. The zero-order chi connectivity index (χ0) is 15.5.